The SMILES string of the molecule is CC[C@@H](NC(=O)c1ccc(OC)nc1)[C@H]1CC[C@@H](c2ccnc3ccc(F)cc32)CC1. The Morgan fingerprint density at radius 1 is 1.16 bits per heavy atom. The van der Waals surface area contributed by atoms with Gasteiger partial charge >= 0.3 is 0 Å². The molecule has 1 aliphatic carbocycles. The molecule has 2 aromatic heterocycles. The van der Waals surface area contributed by atoms with Gasteiger partial charge in [0, 0.05) is 29.9 Å². The summed E-state index contributed by atoms with van der Waals surface area (Å²) in [5, 5.41) is 4.12. The predicted molar refractivity (Wildman–Crippen MR) is 119 cm³/mol. The van der Waals surface area contributed by atoms with Crippen LogP contribution in [0.4, 0.5) is 4.39 Å². The van der Waals surface area contributed by atoms with Crippen molar-refractivity contribution in [2.75, 3.05) is 7.11 Å². The minimum atomic E-state index is -0.225. The second-order valence-electron chi connectivity index (χ2n) is 8.25. The number of halogens is 1. The second-order valence-corrected chi connectivity index (χ2v) is 8.25. The Kier molecular flexibility index (Phi) is 6.44. The summed E-state index contributed by atoms with van der Waals surface area (Å²) in [6.45, 7) is 2.11. The third-order valence-corrected chi connectivity index (χ3v) is 6.48. The lowest BCUT2D eigenvalue weighted by molar-refractivity contribution is 0.0909. The molecule has 31 heavy (non-hydrogen) atoms. The number of ether oxygens (including phenoxy) is 1. The van der Waals surface area contributed by atoms with Gasteiger partial charge in [-0.05, 0) is 79.8 Å². The number of hydrogen-bond donors (Lipinski definition) is 1. The van der Waals surface area contributed by atoms with E-state index in [0.717, 1.165) is 43.0 Å². The van der Waals surface area contributed by atoms with E-state index in [1.54, 1.807) is 37.6 Å². The van der Waals surface area contributed by atoms with E-state index in [4.69, 9.17) is 4.74 Å². The van der Waals surface area contributed by atoms with Crippen LogP contribution in [0.5, 0.6) is 5.88 Å². The van der Waals surface area contributed by atoms with Crippen molar-refractivity contribution >= 4 is 16.8 Å². The van der Waals surface area contributed by atoms with Crippen LogP contribution < -0.4 is 10.1 Å². The molecule has 4 rings (SSSR count). The minimum absolute atomic E-state index is 0.0975. The number of pyridine rings is 2. The van der Waals surface area contributed by atoms with Crippen molar-refractivity contribution in [2.45, 2.75) is 51.0 Å². The van der Waals surface area contributed by atoms with Gasteiger partial charge in [0.2, 0.25) is 5.88 Å². The molecule has 1 atom stereocenters. The average Bonchev–Trinajstić information content (AvgIpc) is 2.82. The number of benzene rings is 1. The molecule has 0 aliphatic heterocycles. The number of hydrogen-bond acceptors (Lipinski definition) is 4. The largest absolute Gasteiger partial charge is 0.481 e. The summed E-state index contributed by atoms with van der Waals surface area (Å²) in [4.78, 5) is 21.2. The molecular weight excluding hydrogens is 393 g/mol. The monoisotopic (exact) mass is 421 g/mol. The summed E-state index contributed by atoms with van der Waals surface area (Å²) in [5.74, 6) is 0.992. The summed E-state index contributed by atoms with van der Waals surface area (Å²) in [6.07, 6.45) is 8.36. The van der Waals surface area contributed by atoms with E-state index < -0.39 is 0 Å². The Hall–Kier alpha value is -3.02. The molecule has 3 aromatic rings. The van der Waals surface area contributed by atoms with Crippen LogP contribution in [0.1, 0.15) is 60.9 Å². The Balaban J connectivity index is 1.41. The van der Waals surface area contributed by atoms with Crippen molar-refractivity contribution in [1.29, 1.82) is 0 Å². The van der Waals surface area contributed by atoms with E-state index in [1.165, 1.54) is 11.6 Å². The van der Waals surface area contributed by atoms with Crippen molar-refractivity contribution in [2.24, 2.45) is 5.92 Å². The number of rotatable bonds is 6. The molecule has 2 heterocycles. The summed E-state index contributed by atoms with van der Waals surface area (Å²) < 4.78 is 18.9. The highest BCUT2D eigenvalue weighted by Crippen LogP contribution is 2.39. The smallest absolute Gasteiger partial charge is 0.253 e. The number of nitrogens with one attached hydrogen (secondary N) is 1. The first kappa shape index (κ1) is 21.2. The first-order valence-electron chi connectivity index (χ1n) is 10.9. The molecule has 1 N–H and O–H groups in total. The number of aromatic nitrogens is 2. The van der Waals surface area contributed by atoms with Gasteiger partial charge in [-0.15, -0.1) is 0 Å². The number of fused-ring (bicyclic) bond motifs is 1. The van der Waals surface area contributed by atoms with Crippen molar-refractivity contribution in [3.8, 4) is 5.88 Å². The zero-order valence-electron chi connectivity index (χ0n) is 18.0. The van der Waals surface area contributed by atoms with Gasteiger partial charge in [-0.2, -0.15) is 0 Å². The van der Waals surface area contributed by atoms with Crippen molar-refractivity contribution < 1.29 is 13.9 Å². The van der Waals surface area contributed by atoms with Gasteiger partial charge in [-0.25, -0.2) is 9.37 Å². The number of carbonyl (C=O) groups excluding carboxylic acids is 1. The number of carbonyl (C=O) groups is 1. The third kappa shape index (κ3) is 4.68. The lowest BCUT2D eigenvalue weighted by atomic mass is 9.75. The van der Waals surface area contributed by atoms with E-state index in [2.05, 4.69) is 22.2 Å². The van der Waals surface area contributed by atoms with Gasteiger partial charge in [0.25, 0.3) is 5.91 Å². The summed E-state index contributed by atoms with van der Waals surface area (Å²) >= 11 is 0. The van der Waals surface area contributed by atoms with Crippen molar-refractivity contribution in [1.82, 2.24) is 15.3 Å². The molecule has 0 unspecified atom stereocenters. The maximum absolute atomic E-state index is 13.8. The molecule has 1 fully saturated rings. The average molecular weight is 422 g/mol. The van der Waals surface area contributed by atoms with E-state index in [1.807, 2.05) is 12.3 Å². The van der Waals surface area contributed by atoms with Gasteiger partial charge in [-0.3, -0.25) is 9.78 Å². The molecule has 5 nitrogen and oxygen atoms in total. The van der Waals surface area contributed by atoms with Crippen molar-refractivity contribution in [3.63, 3.8) is 0 Å². The van der Waals surface area contributed by atoms with E-state index in [0.29, 0.717) is 23.3 Å². The standard InChI is InChI=1S/C25H28FN3O2/c1-3-22(29-25(30)18-8-11-24(31-2)28-15-18)17-6-4-16(5-7-17)20-12-13-27-23-10-9-19(26)14-21(20)23/h8-17,22H,3-7H2,1-2H3,(H,29,30)/t16-,17+,22-/m1/s1. The molecule has 0 saturated heterocycles. The van der Waals surface area contributed by atoms with Gasteiger partial charge in [0.15, 0.2) is 0 Å². The lowest BCUT2D eigenvalue weighted by Gasteiger charge is -2.34. The molecule has 1 saturated carbocycles. The molecule has 0 bridgehead atoms. The lowest BCUT2D eigenvalue weighted by Crippen LogP contribution is -2.41. The highest BCUT2D eigenvalue weighted by atomic mass is 19.1. The van der Waals surface area contributed by atoms with Crippen LogP contribution >= 0.6 is 0 Å². The number of amides is 1. The van der Waals surface area contributed by atoms with Crippen LogP contribution in [-0.2, 0) is 0 Å². The molecule has 1 aliphatic rings. The molecule has 162 valence electrons. The van der Waals surface area contributed by atoms with Crippen LogP contribution in [0.3, 0.4) is 0 Å². The highest BCUT2D eigenvalue weighted by Gasteiger charge is 2.29. The van der Waals surface area contributed by atoms with Crippen LogP contribution in [0, 0.1) is 11.7 Å². The Labute approximate surface area is 182 Å². The zero-order valence-corrected chi connectivity index (χ0v) is 18.0. The third-order valence-electron chi connectivity index (χ3n) is 6.48. The fraction of sp³-hybridized carbons (Fsp3) is 0.400. The summed E-state index contributed by atoms with van der Waals surface area (Å²) in [5.41, 5.74) is 2.57. The van der Waals surface area contributed by atoms with E-state index in [-0.39, 0.29) is 17.8 Å². The maximum atomic E-state index is 13.8. The normalized spacial score (nSPS) is 19.7. The van der Waals surface area contributed by atoms with E-state index >= 15 is 0 Å². The Bertz CT molecular complexity index is 1050. The van der Waals surface area contributed by atoms with Crippen molar-refractivity contribution in [3.05, 3.63) is 65.7 Å². The zero-order chi connectivity index (χ0) is 21.8. The van der Waals surface area contributed by atoms with Crippen LogP contribution in [0.2, 0.25) is 0 Å². The maximum Gasteiger partial charge on any atom is 0.253 e. The summed E-state index contributed by atoms with van der Waals surface area (Å²) in [7, 11) is 1.55. The number of nitrogens with zero attached hydrogens (tertiary/aromatic N) is 2. The van der Waals surface area contributed by atoms with Gasteiger partial charge in [0.05, 0.1) is 18.2 Å². The summed E-state index contributed by atoms with van der Waals surface area (Å²) in [6, 6.07) is 10.4. The molecule has 1 amide bonds. The van der Waals surface area contributed by atoms with Gasteiger partial charge < -0.3 is 10.1 Å². The fourth-order valence-corrected chi connectivity index (χ4v) is 4.77. The molecule has 0 spiro atoms. The molecular formula is C25H28FN3O2. The van der Waals surface area contributed by atoms with Crippen LogP contribution in [-0.4, -0.2) is 29.0 Å². The fourth-order valence-electron chi connectivity index (χ4n) is 4.77. The quantitative estimate of drug-likeness (QED) is 0.590. The van der Waals surface area contributed by atoms with Crippen LogP contribution in [0.15, 0.2) is 48.8 Å². The second kappa shape index (κ2) is 9.41. The van der Waals surface area contributed by atoms with Crippen LogP contribution in [0.25, 0.3) is 10.9 Å². The first-order chi connectivity index (χ1) is 15.1. The Morgan fingerprint density at radius 2 is 1.97 bits per heavy atom. The highest BCUT2D eigenvalue weighted by molar-refractivity contribution is 5.94. The van der Waals surface area contributed by atoms with Gasteiger partial charge in [0.1, 0.15) is 5.82 Å². The molecule has 6 heteroatoms. The topological polar surface area (TPSA) is 64.1 Å². The molecule has 0 radical (unpaired) electrons. The minimum Gasteiger partial charge on any atom is -0.481 e. The first-order valence-corrected chi connectivity index (χ1v) is 10.9. The van der Waals surface area contributed by atoms with Gasteiger partial charge in [-0.1, -0.05) is 6.92 Å². The Morgan fingerprint density at radius 3 is 2.65 bits per heavy atom. The number of methoxy groups -OCH3 is 1. The predicted octanol–water partition coefficient (Wildman–Crippen LogP) is 5.26. The molecule has 1 aromatic carbocycles. The van der Waals surface area contributed by atoms with E-state index in [9.17, 15) is 9.18 Å².